The van der Waals surface area contributed by atoms with Crippen LogP contribution in [0, 0.1) is 0 Å². The summed E-state index contributed by atoms with van der Waals surface area (Å²) in [5, 5.41) is 13.9. The number of benzene rings is 6. The molecule has 0 aliphatic carbocycles. The van der Waals surface area contributed by atoms with Crippen LogP contribution in [0.15, 0.2) is 124 Å². The molecule has 0 fully saturated rings. The summed E-state index contributed by atoms with van der Waals surface area (Å²) in [6, 6.07) is 30.2. The summed E-state index contributed by atoms with van der Waals surface area (Å²) in [6.07, 6.45) is -0.315. The van der Waals surface area contributed by atoms with E-state index in [4.69, 9.17) is 98.0 Å². The van der Waals surface area contributed by atoms with Gasteiger partial charge in [-0.1, -0.05) is 106 Å². The molecule has 0 bridgehead atoms. The number of sulfone groups is 1. The second-order valence-electron chi connectivity index (χ2n) is 29.8. The van der Waals surface area contributed by atoms with Gasteiger partial charge in [-0.15, -0.1) is 0 Å². The fraction of sp³-hybridized carbons (Fsp3) is 0.506. The number of sulfonamides is 2. The van der Waals surface area contributed by atoms with E-state index in [-0.39, 0.29) is 207 Å². The minimum Gasteiger partial charge on any atom is -0.379 e. The fourth-order valence-corrected chi connectivity index (χ4v) is 20.2. The Morgan fingerprint density at radius 1 is 0.420 bits per heavy atom. The smallest absolute Gasteiger partial charge is 0.315 e. The molecule has 9 rings (SSSR count). The van der Waals surface area contributed by atoms with Gasteiger partial charge in [-0.3, -0.25) is 18.9 Å². The van der Waals surface area contributed by atoms with E-state index < -0.39 is 75.7 Å². The largest absolute Gasteiger partial charge is 0.379 e. The summed E-state index contributed by atoms with van der Waals surface area (Å²) < 4.78 is 153. The fourth-order valence-electron chi connectivity index (χ4n) is 14.6. The van der Waals surface area contributed by atoms with Crippen molar-refractivity contribution < 1.29 is 85.8 Å². The number of Topliss-reactive ketones (excluding diaryl/α,β-unsaturated/α-hetero) is 1. The van der Waals surface area contributed by atoms with Gasteiger partial charge in [-0.25, -0.2) is 39.5 Å². The number of urea groups is 1. The van der Waals surface area contributed by atoms with Crippen molar-refractivity contribution in [3.63, 3.8) is 0 Å². The first-order valence-corrected chi connectivity index (χ1v) is 47.7. The van der Waals surface area contributed by atoms with E-state index in [1.165, 1.54) is 12.1 Å². The van der Waals surface area contributed by atoms with Crippen molar-refractivity contribution in [1.29, 1.82) is 0 Å². The van der Waals surface area contributed by atoms with Gasteiger partial charge >= 0.3 is 6.03 Å². The van der Waals surface area contributed by atoms with E-state index in [0.29, 0.717) is 69.4 Å². The molecule has 0 aromatic heterocycles. The van der Waals surface area contributed by atoms with Gasteiger partial charge in [0.2, 0.25) is 31.9 Å². The van der Waals surface area contributed by atoms with Crippen molar-refractivity contribution in [3.8, 4) is 0 Å². The van der Waals surface area contributed by atoms with Gasteiger partial charge in [0.1, 0.15) is 5.78 Å². The van der Waals surface area contributed by atoms with Gasteiger partial charge in [0, 0.05) is 164 Å². The van der Waals surface area contributed by atoms with Gasteiger partial charge in [0.15, 0.2) is 9.84 Å². The molecule has 0 radical (unpaired) electrons. The molecule has 1 unspecified atom stereocenters. The molecule has 6 aromatic carbocycles. The Balaban J connectivity index is 0.715. The highest BCUT2D eigenvalue weighted by Crippen LogP contribution is 2.43. The first-order chi connectivity index (χ1) is 56.7. The summed E-state index contributed by atoms with van der Waals surface area (Å²) in [4.78, 5) is 61.2. The van der Waals surface area contributed by atoms with Crippen LogP contribution < -0.4 is 30.7 Å². The Bertz CT molecular complexity index is 4490. The topological polar surface area (TPSA) is 362 Å². The van der Waals surface area contributed by atoms with Crippen LogP contribution in [0.2, 0.25) is 30.1 Å². The molecule has 654 valence electrons. The van der Waals surface area contributed by atoms with Crippen molar-refractivity contribution >= 4 is 133 Å². The maximum Gasteiger partial charge on any atom is 0.315 e. The molecule has 119 heavy (non-hydrogen) atoms. The molecular formula is C81H105Cl6N9O19S4. The van der Waals surface area contributed by atoms with Gasteiger partial charge in [-0.2, -0.15) is 8.42 Å². The van der Waals surface area contributed by atoms with Crippen LogP contribution >= 0.6 is 69.6 Å². The average molecular weight is 1850 g/mol. The number of rotatable bonds is 50. The van der Waals surface area contributed by atoms with Crippen LogP contribution in [0.4, 0.5) is 4.79 Å². The number of likely N-dealkylation sites (N-methyl/N-ethyl adjacent to an activating group) is 3. The highest BCUT2D eigenvalue weighted by atomic mass is 35.5. The van der Waals surface area contributed by atoms with Crippen LogP contribution in [-0.2, 0) is 102 Å². The summed E-state index contributed by atoms with van der Waals surface area (Å²) >= 11 is 38.9. The molecule has 4 amide bonds. The zero-order valence-electron chi connectivity index (χ0n) is 66.7. The molecule has 38 heteroatoms. The number of fused-ring (bicyclic) bond motifs is 3. The van der Waals surface area contributed by atoms with Crippen molar-refractivity contribution in [2.45, 2.75) is 115 Å². The zero-order valence-corrected chi connectivity index (χ0v) is 74.5. The Morgan fingerprint density at radius 3 is 1.18 bits per heavy atom. The molecule has 4 atom stereocenters. The average Bonchev–Trinajstić information content (AvgIpc) is 0.780. The van der Waals surface area contributed by atoms with Crippen LogP contribution in [0.1, 0.15) is 126 Å². The van der Waals surface area contributed by atoms with Crippen LogP contribution in [0.3, 0.4) is 0 Å². The lowest BCUT2D eigenvalue weighted by molar-refractivity contribution is -0.121. The zero-order chi connectivity index (χ0) is 85.9. The second kappa shape index (κ2) is 46.8. The van der Waals surface area contributed by atoms with E-state index in [1.54, 1.807) is 60.7 Å². The number of ether oxygens (including phenoxy) is 6. The third-order valence-corrected chi connectivity index (χ3v) is 27.7. The molecule has 3 aliphatic rings. The number of nitrogens with zero attached hydrogens (tertiary/aromatic N) is 3. The maximum absolute atomic E-state index is 13.7. The Morgan fingerprint density at radius 2 is 0.782 bits per heavy atom. The lowest BCUT2D eigenvalue weighted by Gasteiger charge is -2.35. The number of nitrogens with one attached hydrogen (secondary N) is 6. The highest BCUT2D eigenvalue weighted by molar-refractivity contribution is 7.91. The second-order valence-corrected chi connectivity index (χ2v) is 39.5. The van der Waals surface area contributed by atoms with Gasteiger partial charge < -0.3 is 64.4 Å². The molecular weight excluding hydrogens is 1740 g/mol. The van der Waals surface area contributed by atoms with Gasteiger partial charge in [0.05, 0.1) is 92.3 Å². The molecule has 0 spiro atoms. The van der Waals surface area contributed by atoms with E-state index in [0.717, 1.165) is 50.1 Å². The quantitative estimate of drug-likeness (QED) is 0.0138. The minimum absolute atomic E-state index is 0.0229. The highest BCUT2D eigenvalue weighted by Gasteiger charge is 2.36. The molecule has 7 N–H and O–H groups in total. The standard InChI is InChI=1S/C81H105Cl6N9O19S4/c1-94-50-69(66-44-59(82)47-75(85)72(66)53-94)56-9-4-13-63(41-56)116(101,102)39-8-28-111-34-35-112-29-22-88-78(98)17-20-81(93-80(100)90-26-40-117(103,104)105,19-16-62(97)12-7-27-110-33-36-114-31-24-91-118(106,107)64-14-5-10-57(42-64)70-51-95(2)54-73-67(70)45-60(83)48-76(73)86)21-18-79(99)89-23-30-113-37-38-115-32-25-92-119(108,109)65-15-6-11-58(43-65)71-52-96(3)55-74-68(71)46-61(84)49-77(74)87/h4-6,9-11,13-15,41-49,69-71,91-92H,7-8,12,16-40,50-55H2,1-3H3,(H,88,98)(H,89,99)(H2,90,93,100)(H,103,104,105)/t69-,70-,71-,81?/m0/s1. The van der Waals surface area contributed by atoms with E-state index in [9.17, 15) is 57.4 Å². The molecule has 0 saturated heterocycles. The number of ketones is 1. The monoisotopic (exact) mass is 1850 g/mol. The third kappa shape index (κ3) is 30.9. The Labute approximate surface area is 728 Å². The van der Waals surface area contributed by atoms with Crippen LogP contribution in [0.25, 0.3) is 0 Å². The van der Waals surface area contributed by atoms with Crippen LogP contribution in [0.5, 0.6) is 0 Å². The van der Waals surface area contributed by atoms with Crippen molar-refractivity contribution in [2.75, 3.05) is 164 Å². The molecule has 3 heterocycles. The number of halogens is 6. The lowest BCUT2D eigenvalue weighted by atomic mass is 9.82. The summed E-state index contributed by atoms with van der Waals surface area (Å²) in [5.74, 6) is -2.64. The third-order valence-electron chi connectivity index (χ3n) is 20.6. The van der Waals surface area contributed by atoms with Crippen LogP contribution in [-0.4, -0.2) is 246 Å². The predicted octanol–water partition coefficient (Wildman–Crippen LogP) is 10.4. The number of carbonyl (C=O) groups is 4. The van der Waals surface area contributed by atoms with E-state index in [1.807, 2.05) is 57.5 Å². The van der Waals surface area contributed by atoms with Crippen molar-refractivity contribution in [3.05, 3.63) is 189 Å². The van der Waals surface area contributed by atoms with Gasteiger partial charge in [0.25, 0.3) is 10.1 Å². The lowest BCUT2D eigenvalue weighted by Crippen LogP contribution is -2.54. The maximum atomic E-state index is 13.7. The number of carbonyl (C=O) groups excluding carboxylic acids is 4. The first-order valence-electron chi connectivity index (χ1n) is 39.2. The summed E-state index contributed by atoms with van der Waals surface area (Å²) in [5.41, 5.74) is 6.66. The van der Waals surface area contributed by atoms with Gasteiger partial charge in [-0.05, 0) is 176 Å². The molecule has 28 nitrogen and oxygen atoms in total. The molecule has 6 aromatic rings. The summed E-state index contributed by atoms with van der Waals surface area (Å²) in [6.45, 7) is 4.53. The predicted molar refractivity (Wildman–Crippen MR) is 459 cm³/mol. The van der Waals surface area contributed by atoms with Crippen molar-refractivity contribution in [1.82, 2.24) is 45.4 Å². The number of hydrogen-bond donors (Lipinski definition) is 7. The van der Waals surface area contributed by atoms with E-state index >= 15 is 0 Å². The Kier molecular flexibility index (Phi) is 38.2. The Hall–Kier alpha value is -5.74. The SMILES string of the molecule is CN1Cc2c(Cl)cc(Cl)cc2[C@H](c2cccc(S(=O)(=O)CCCOCCOCCNC(=O)CCC(CCC(=O)CCCOCCOCCNS(=O)(=O)c3cccc([C@@H]4CN(C)Cc5c(Cl)cc(Cl)cc54)c3)(CCC(=O)NCCOCCOCCNS(=O)(=O)c3cccc([C@@H]4CN(C)Cc5c(Cl)cc(Cl)cc54)c3)NC(=O)NCCS(=O)(=O)O)c2)C1. The first kappa shape index (κ1) is 97.1. The van der Waals surface area contributed by atoms with E-state index in [2.05, 4.69) is 45.4 Å². The molecule has 3 aliphatic heterocycles. The van der Waals surface area contributed by atoms with Crippen molar-refractivity contribution in [2.24, 2.45) is 0 Å². The molecule has 0 saturated carbocycles. The minimum atomic E-state index is -4.50. The summed E-state index contributed by atoms with van der Waals surface area (Å²) in [7, 11) is -10.1. The number of amides is 4. The number of hydrogen-bond acceptors (Lipinski definition) is 21. The normalized spacial score (nSPS) is 16.6.